The lowest BCUT2D eigenvalue weighted by Crippen LogP contribution is -2.64. The molecule has 8 heteroatoms. The smallest absolute Gasteiger partial charge is 0.256 e. The average Bonchev–Trinajstić information content (AvgIpc) is 1.29. The van der Waals surface area contributed by atoms with Crippen molar-refractivity contribution in [1.82, 2.24) is 4.57 Å². The number of fused-ring (bicyclic) bond motifs is 12. The van der Waals surface area contributed by atoms with Crippen LogP contribution in [0.15, 0.2) is 301 Å². The van der Waals surface area contributed by atoms with Crippen molar-refractivity contribution in [3.8, 4) is 83.9 Å². The lowest BCUT2D eigenvalue weighted by Gasteiger charge is -2.47. The largest absolute Gasteiger partial charge is 0.456 e. The second kappa shape index (κ2) is 22.9. The van der Waals surface area contributed by atoms with E-state index in [1.54, 1.807) is 4.57 Å². The predicted octanol–water partition coefficient (Wildman–Crippen LogP) is 21.8. The summed E-state index contributed by atoms with van der Waals surface area (Å²) in [5.74, 6) is 0.595. The number of ether oxygens (including phenoxy) is 1. The molecule has 5 heterocycles. The van der Waals surface area contributed by atoms with E-state index in [1.165, 1.54) is 0 Å². The molecule has 15 aromatic rings. The van der Waals surface area contributed by atoms with Crippen LogP contribution in [0.5, 0.6) is 11.5 Å². The summed E-state index contributed by atoms with van der Waals surface area (Å²) >= 11 is 11.9. The average molecular weight is 1380 g/mol. The van der Waals surface area contributed by atoms with Gasteiger partial charge in [0.1, 0.15) is 11.5 Å². The lowest BCUT2D eigenvalue weighted by atomic mass is 9.31. The summed E-state index contributed by atoms with van der Waals surface area (Å²) in [4.78, 5) is 4.32. The van der Waals surface area contributed by atoms with Crippen LogP contribution in [-0.4, -0.2) is 18.0 Å². The molecule has 0 atom stereocenters. The fourth-order valence-corrected chi connectivity index (χ4v) is 16.2. The molecule has 0 saturated carbocycles. The van der Waals surface area contributed by atoms with Gasteiger partial charge in [0.2, 0.25) is 0 Å². The fraction of sp³-hybridized carbons (Fsp3) is 0.0870. The van der Waals surface area contributed by atoms with Gasteiger partial charge in [0.15, 0.2) is 0 Å². The van der Waals surface area contributed by atoms with Crippen LogP contribution in [0.3, 0.4) is 0 Å². The highest BCUT2D eigenvalue weighted by Gasteiger charge is 2.51. The van der Waals surface area contributed by atoms with E-state index in [2.05, 4.69) is 140 Å². The second-order valence-corrected chi connectivity index (χ2v) is 29.5. The number of halogens is 2. The molecule has 0 bridgehead atoms. The van der Waals surface area contributed by atoms with Gasteiger partial charge in [0, 0.05) is 70.8 Å². The topological polar surface area (TPSA) is 20.6 Å². The quantitative estimate of drug-likeness (QED) is 0.141. The third kappa shape index (κ3) is 9.42. The fourth-order valence-electron chi connectivity index (χ4n) is 15.7. The van der Waals surface area contributed by atoms with Crippen molar-refractivity contribution in [3.63, 3.8) is 0 Å². The normalized spacial score (nSPS) is 15.2. The summed E-state index contributed by atoms with van der Waals surface area (Å²) in [7, 11) is 0. The van der Waals surface area contributed by atoms with Crippen molar-refractivity contribution >= 4 is 130 Å². The Morgan fingerprint density at radius 3 is 1.48 bits per heavy atom. The van der Waals surface area contributed by atoms with Gasteiger partial charge >= 0.3 is 0 Å². The molecule has 19 rings (SSSR count). The van der Waals surface area contributed by atoms with Crippen molar-refractivity contribution in [2.24, 2.45) is 0 Å². The Morgan fingerprint density at radius 1 is 0.390 bits per heavy atom. The zero-order valence-corrected chi connectivity index (χ0v) is 57.7. The Bertz CT molecular complexity index is 6610. The first kappa shape index (κ1) is 47.2. The maximum atomic E-state index is 11.0. The molecule has 4 nitrogen and oxygen atoms in total. The SMILES string of the molecule is [2H]c1c([2H])c([2H])c(-c2c([2H])c([2H])c3c(c2[2H])c2c([2H])c([2H])c([2H])c4c2n3-c2cc3c(c5c2B4c2ccc(-c4ccccc4)cc2O5)N(c2c(-c4ccccc4)cc(C(C)(C)C)cc2-c2ccccc2)c2cc(Cl)cc4c2B3c2c([2H])c([2H])c(Br)c([2H])c2N4c2c(-c3ccccc3)cc(C(C)(C)C)cc2-c2ccccc2)c([2H])c1[2H]. The zero-order valence-electron chi connectivity index (χ0n) is 69.4. The van der Waals surface area contributed by atoms with Gasteiger partial charge in [-0.15, -0.1) is 0 Å². The monoisotopic (exact) mass is 1380 g/mol. The summed E-state index contributed by atoms with van der Waals surface area (Å²) in [6.45, 7) is 10.9. The number of anilines is 6. The molecular formula is C92H67B2BrClN3O. The highest BCUT2D eigenvalue weighted by Crippen LogP contribution is 2.57. The number of aromatic nitrogens is 1. The Labute approximate surface area is 618 Å². The maximum Gasteiger partial charge on any atom is 0.256 e. The number of nitrogens with zero attached hydrogens (tertiary/aromatic N) is 3. The minimum Gasteiger partial charge on any atom is -0.456 e. The van der Waals surface area contributed by atoms with Crippen molar-refractivity contribution in [1.29, 1.82) is 0 Å². The van der Waals surface area contributed by atoms with Crippen LogP contribution in [0, 0.1) is 0 Å². The van der Waals surface area contributed by atoms with Crippen molar-refractivity contribution < 1.29 is 23.9 Å². The molecule has 0 radical (unpaired) electrons. The summed E-state index contributed by atoms with van der Waals surface area (Å²) in [6.07, 6.45) is 0. The zero-order chi connectivity index (χ0) is 79.6. The molecule has 4 aliphatic rings. The molecule has 0 amide bonds. The van der Waals surface area contributed by atoms with Gasteiger partial charge in [-0.3, -0.25) is 0 Å². The van der Waals surface area contributed by atoms with Crippen LogP contribution in [-0.2, 0) is 10.8 Å². The summed E-state index contributed by atoms with van der Waals surface area (Å²) in [6, 6.07) is 64.0. The summed E-state index contributed by atoms with van der Waals surface area (Å²) < 4.78 is 149. The van der Waals surface area contributed by atoms with E-state index in [9.17, 15) is 15.1 Å². The Hall–Kier alpha value is -10.8. The van der Waals surface area contributed by atoms with Gasteiger partial charge in [0.25, 0.3) is 13.4 Å². The first-order valence-corrected chi connectivity index (χ1v) is 34.8. The molecule has 476 valence electrons. The number of para-hydroxylation sites is 1. The summed E-state index contributed by atoms with van der Waals surface area (Å²) in [5, 5.41) is 0.137. The third-order valence-corrected chi connectivity index (χ3v) is 20.9. The standard InChI is InChI=1S/C92H67B2BrClN3O/c1-91(2,3)64-48-69(58-30-17-9-18-31-58)86(70(49-64)59-32-19-10-20-33-59)98-79-52-66(95)42-44-74(79)93-77-55-82-85-90(89(77)99(81-54-67(96)53-80(98)84(81)93)87-71(60-34-21-11-22-35-60)50-65(92(4,5)6)51-72(87)61-36-23-12-24-37-61)100-83-47-63(57-28-15-8-16-29-57)40-43-75(83)94(85)76-39-25-38-68-73-46-62(56-26-13-7-14-27-56)41-45-78(73)97(82)88(68)76/h7-55H,1-6H3/i7D,13D,14D,25D,26D,27D,38D,39D,41D,42D,44D,45D,46D,52D. The van der Waals surface area contributed by atoms with Gasteiger partial charge in [-0.1, -0.05) is 293 Å². The van der Waals surface area contributed by atoms with Gasteiger partial charge < -0.3 is 19.1 Å². The second-order valence-electron chi connectivity index (χ2n) is 28.3. The number of rotatable bonds is 8. The van der Waals surface area contributed by atoms with Crippen LogP contribution in [0.1, 0.15) is 71.9 Å². The van der Waals surface area contributed by atoms with Crippen LogP contribution >= 0.6 is 27.5 Å². The maximum absolute atomic E-state index is 11.0. The molecule has 0 spiro atoms. The van der Waals surface area contributed by atoms with Crippen molar-refractivity contribution in [3.05, 3.63) is 318 Å². The van der Waals surface area contributed by atoms with Crippen LogP contribution in [0.2, 0.25) is 5.02 Å². The van der Waals surface area contributed by atoms with Gasteiger partial charge in [-0.2, -0.15) is 0 Å². The van der Waals surface area contributed by atoms with E-state index in [0.29, 0.717) is 66.7 Å². The third-order valence-electron chi connectivity index (χ3n) is 20.3. The van der Waals surface area contributed by atoms with Gasteiger partial charge in [-0.25, -0.2) is 0 Å². The Balaban J connectivity index is 1.06. The molecule has 100 heavy (non-hydrogen) atoms. The molecule has 1 aromatic heterocycles. The predicted molar refractivity (Wildman–Crippen MR) is 429 cm³/mol. The first-order chi connectivity index (χ1) is 54.6. The van der Waals surface area contributed by atoms with Crippen molar-refractivity contribution in [2.45, 2.75) is 52.4 Å². The molecule has 0 fully saturated rings. The van der Waals surface area contributed by atoms with E-state index in [4.69, 9.17) is 20.5 Å². The molecule has 0 unspecified atom stereocenters. The van der Waals surface area contributed by atoms with Crippen LogP contribution in [0.25, 0.3) is 94.3 Å². The van der Waals surface area contributed by atoms with Crippen LogP contribution in [0.4, 0.5) is 34.1 Å². The Morgan fingerprint density at radius 2 is 0.920 bits per heavy atom. The Kier molecular flexibility index (Phi) is 10.8. The number of benzene rings is 14. The molecule has 0 saturated heterocycles. The van der Waals surface area contributed by atoms with E-state index in [1.807, 2.05) is 140 Å². The van der Waals surface area contributed by atoms with Crippen molar-refractivity contribution in [2.75, 3.05) is 9.80 Å². The van der Waals surface area contributed by atoms with E-state index in [0.717, 1.165) is 66.8 Å². The van der Waals surface area contributed by atoms with E-state index >= 15 is 0 Å². The lowest BCUT2D eigenvalue weighted by molar-refractivity contribution is 0.489. The number of hydrogen-bond acceptors (Lipinski definition) is 3. The molecule has 0 N–H and O–H groups in total. The van der Waals surface area contributed by atoms with Gasteiger partial charge in [0.05, 0.1) is 41.8 Å². The van der Waals surface area contributed by atoms with E-state index in [-0.39, 0.29) is 72.8 Å². The number of hydrogen-bond donors (Lipinski definition) is 0. The van der Waals surface area contributed by atoms with Gasteiger partial charge in [-0.05, 0) is 172 Å². The molecule has 0 aliphatic carbocycles. The molecule has 14 aromatic carbocycles. The van der Waals surface area contributed by atoms with E-state index < -0.39 is 95.8 Å². The molecular weight excluding hydrogens is 1300 g/mol. The minimum atomic E-state index is -1.15. The first-order valence-electron chi connectivity index (χ1n) is 40.6. The minimum absolute atomic E-state index is 0.0367. The molecule has 4 aliphatic heterocycles. The van der Waals surface area contributed by atoms with Crippen LogP contribution < -0.4 is 47.3 Å². The highest BCUT2D eigenvalue weighted by atomic mass is 79.9. The summed E-state index contributed by atoms with van der Waals surface area (Å²) in [5.41, 5.74) is 14.6. The highest BCUT2D eigenvalue weighted by molar-refractivity contribution is 9.10.